The Morgan fingerprint density at radius 1 is 1.29 bits per heavy atom. The lowest BCUT2D eigenvalue weighted by Crippen LogP contribution is -2.36. The van der Waals surface area contributed by atoms with E-state index in [4.69, 9.17) is 23.2 Å². The molecule has 5 nitrogen and oxygen atoms in total. The number of rotatable bonds is 6. The van der Waals surface area contributed by atoms with Crippen molar-refractivity contribution in [1.29, 1.82) is 0 Å². The molecule has 0 amide bonds. The predicted octanol–water partition coefficient (Wildman–Crippen LogP) is 4.62. The number of nitrogens with zero attached hydrogens (tertiary/aromatic N) is 3. The maximum atomic E-state index is 12.8. The third-order valence-electron chi connectivity index (χ3n) is 5.56. The second kappa shape index (κ2) is 9.29. The third kappa shape index (κ3) is 4.70. The molecule has 1 N–H and O–H groups in total. The highest BCUT2D eigenvalue weighted by molar-refractivity contribution is 6.43. The number of aromatic nitrogens is 2. The molecule has 0 spiro atoms. The molecule has 1 saturated heterocycles. The van der Waals surface area contributed by atoms with Crippen molar-refractivity contribution in [3.63, 3.8) is 0 Å². The van der Waals surface area contributed by atoms with Gasteiger partial charge in [-0.3, -0.25) is 9.36 Å². The number of benzene rings is 1. The summed E-state index contributed by atoms with van der Waals surface area (Å²) in [6.07, 6.45) is 4.67. The van der Waals surface area contributed by atoms with E-state index in [2.05, 4.69) is 9.88 Å². The van der Waals surface area contributed by atoms with E-state index in [0.29, 0.717) is 33.3 Å². The molecule has 0 aliphatic carbocycles. The van der Waals surface area contributed by atoms with Gasteiger partial charge in [0.1, 0.15) is 11.6 Å². The first-order valence-corrected chi connectivity index (χ1v) is 10.6. The standard InChI is InChI=1S/C21H27Cl2N3O2/c1-3-16(27)8-7-15-9-11-25(12-10-15)19-13-20(28)26(14(2)24-19)18-6-4-5-17(22)21(18)23/h4-6,13,15-16,27H,3,7-12H2,1-2H3/t16-/m1/s1. The number of piperidine rings is 1. The Labute approximate surface area is 175 Å². The van der Waals surface area contributed by atoms with Crippen LogP contribution in [0, 0.1) is 12.8 Å². The predicted molar refractivity (Wildman–Crippen MR) is 115 cm³/mol. The van der Waals surface area contributed by atoms with E-state index in [0.717, 1.165) is 45.2 Å². The van der Waals surface area contributed by atoms with Gasteiger partial charge < -0.3 is 10.0 Å². The lowest BCUT2D eigenvalue weighted by molar-refractivity contribution is 0.147. The van der Waals surface area contributed by atoms with Gasteiger partial charge >= 0.3 is 0 Å². The van der Waals surface area contributed by atoms with Gasteiger partial charge in [0, 0.05) is 19.2 Å². The molecule has 1 aliphatic rings. The summed E-state index contributed by atoms with van der Waals surface area (Å²) >= 11 is 12.4. The molecule has 0 bridgehead atoms. The second-order valence-electron chi connectivity index (χ2n) is 7.48. The number of aliphatic hydroxyl groups excluding tert-OH is 1. The SMILES string of the molecule is CC[C@@H](O)CCC1CCN(c2cc(=O)n(-c3cccc(Cl)c3Cl)c(C)n2)CC1. The van der Waals surface area contributed by atoms with Crippen LogP contribution in [0.4, 0.5) is 5.82 Å². The molecule has 1 fully saturated rings. The van der Waals surface area contributed by atoms with Crippen molar-refractivity contribution in [2.75, 3.05) is 18.0 Å². The Hall–Kier alpha value is -1.56. The zero-order valence-electron chi connectivity index (χ0n) is 16.4. The van der Waals surface area contributed by atoms with E-state index in [1.165, 1.54) is 4.57 Å². The van der Waals surface area contributed by atoms with Gasteiger partial charge in [0.2, 0.25) is 0 Å². The summed E-state index contributed by atoms with van der Waals surface area (Å²) in [5.41, 5.74) is 0.378. The van der Waals surface area contributed by atoms with E-state index in [-0.39, 0.29) is 11.7 Å². The van der Waals surface area contributed by atoms with Crippen molar-refractivity contribution in [1.82, 2.24) is 9.55 Å². The van der Waals surface area contributed by atoms with E-state index in [1.807, 2.05) is 6.92 Å². The fourth-order valence-electron chi connectivity index (χ4n) is 3.79. The Balaban J connectivity index is 1.74. The average molecular weight is 424 g/mol. The smallest absolute Gasteiger partial charge is 0.260 e. The topological polar surface area (TPSA) is 58.4 Å². The molecule has 1 aromatic heterocycles. The van der Waals surface area contributed by atoms with E-state index in [1.54, 1.807) is 31.2 Å². The molecule has 0 radical (unpaired) electrons. The first-order valence-electron chi connectivity index (χ1n) is 9.88. The van der Waals surface area contributed by atoms with Crippen LogP contribution in [0.1, 0.15) is 44.9 Å². The van der Waals surface area contributed by atoms with Crippen LogP contribution >= 0.6 is 23.2 Å². The number of aryl methyl sites for hydroxylation is 1. The number of aliphatic hydroxyl groups is 1. The van der Waals surface area contributed by atoms with Crippen LogP contribution < -0.4 is 10.5 Å². The lowest BCUT2D eigenvalue weighted by atomic mass is 9.90. The van der Waals surface area contributed by atoms with Gasteiger partial charge in [-0.2, -0.15) is 0 Å². The Morgan fingerprint density at radius 2 is 2.00 bits per heavy atom. The molecule has 1 aliphatic heterocycles. The average Bonchev–Trinajstić information content (AvgIpc) is 2.69. The lowest BCUT2D eigenvalue weighted by Gasteiger charge is -2.33. The number of halogens is 2. The van der Waals surface area contributed by atoms with Crippen molar-refractivity contribution in [3.05, 3.63) is 50.5 Å². The second-order valence-corrected chi connectivity index (χ2v) is 8.26. The van der Waals surface area contributed by atoms with Gasteiger partial charge in [-0.05, 0) is 57.1 Å². The zero-order chi connectivity index (χ0) is 20.3. The van der Waals surface area contributed by atoms with Crippen molar-refractivity contribution >= 4 is 29.0 Å². The van der Waals surface area contributed by atoms with E-state index >= 15 is 0 Å². The van der Waals surface area contributed by atoms with Crippen molar-refractivity contribution < 1.29 is 5.11 Å². The molecule has 0 saturated carbocycles. The highest BCUT2D eigenvalue weighted by Crippen LogP contribution is 2.29. The van der Waals surface area contributed by atoms with Gasteiger partial charge in [0.25, 0.3) is 5.56 Å². The molecule has 1 aromatic carbocycles. The summed E-state index contributed by atoms with van der Waals surface area (Å²) in [7, 11) is 0. The molecule has 2 aromatic rings. The van der Waals surface area contributed by atoms with Gasteiger partial charge in [0.15, 0.2) is 0 Å². The van der Waals surface area contributed by atoms with Crippen LogP contribution in [-0.4, -0.2) is 33.9 Å². The van der Waals surface area contributed by atoms with Gasteiger partial charge in [-0.1, -0.05) is 36.2 Å². The molecule has 3 rings (SSSR count). The Morgan fingerprint density at radius 3 is 2.64 bits per heavy atom. The Bertz CT molecular complexity index is 876. The minimum Gasteiger partial charge on any atom is -0.393 e. The maximum Gasteiger partial charge on any atom is 0.260 e. The van der Waals surface area contributed by atoms with Crippen LogP contribution in [0.2, 0.25) is 10.0 Å². The number of hydrogen-bond donors (Lipinski definition) is 1. The summed E-state index contributed by atoms with van der Waals surface area (Å²) in [6.45, 7) is 5.57. The quantitative estimate of drug-likeness (QED) is 0.736. The van der Waals surface area contributed by atoms with Crippen LogP contribution in [0.15, 0.2) is 29.1 Å². The van der Waals surface area contributed by atoms with Crippen LogP contribution in [-0.2, 0) is 0 Å². The molecule has 152 valence electrons. The van der Waals surface area contributed by atoms with Crippen LogP contribution in [0.25, 0.3) is 5.69 Å². The first-order chi connectivity index (χ1) is 13.4. The van der Waals surface area contributed by atoms with Gasteiger partial charge in [-0.15, -0.1) is 0 Å². The molecular formula is C21H27Cl2N3O2. The normalized spacial score (nSPS) is 16.4. The third-order valence-corrected chi connectivity index (χ3v) is 6.37. The van der Waals surface area contributed by atoms with E-state index < -0.39 is 0 Å². The minimum atomic E-state index is -0.187. The molecule has 7 heteroatoms. The summed E-state index contributed by atoms with van der Waals surface area (Å²) < 4.78 is 1.50. The highest BCUT2D eigenvalue weighted by atomic mass is 35.5. The van der Waals surface area contributed by atoms with Crippen LogP contribution in [0.5, 0.6) is 0 Å². The molecule has 28 heavy (non-hydrogen) atoms. The molecular weight excluding hydrogens is 397 g/mol. The molecule has 0 unspecified atom stereocenters. The van der Waals surface area contributed by atoms with Gasteiger partial charge in [-0.25, -0.2) is 4.98 Å². The largest absolute Gasteiger partial charge is 0.393 e. The fraction of sp³-hybridized carbons (Fsp3) is 0.524. The van der Waals surface area contributed by atoms with Crippen LogP contribution in [0.3, 0.4) is 0 Å². The van der Waals surface area contributed by atoms with E-state index in [9.17, 15) is 9.90 Å². The number of anilines is 1. The summed E-state index contributed by atoms with van der Waals surface area (Å²) in [4.78, 5) is 19.6. The summed E-state index contributed by atoms with van der Waals surface area (Å²) in [5.74, 6) is 1.92. The molecule has 1 atom stereocenters. The summed E-state index contributed by atoms with van der Waals surface area (Å²) in [5, 5.41) is 10.5. The Kier molecular flexibility index (Phi) is 7.02. The minimum absolute atomic E-state index is 0.167. The fourth-order valence-corrected chi connectivity index (χ4v) is 4.17. The van der Waals surface area contributed by atoms with Crippen molar-refractivity contribution in [3.8, 4) is 5.69 Å². The highest BCUT2D eigenvalue weighted by Gasteiger charge is 2.22. The summed E-state index contributed by atoms with van der Waals surface area (Å²) in [6, 6.07) is 6.80. The number of hydrogen-bond acceptors (Lipinski definition) is 4. The van der Waals surface area contributed by atoms with Gasteiger partial charge in [0.05, 0.1) is 21.8 Å². The van der Waals surface area contributed by atoms with Crippen molar-refractivity contribution in [2.45, 2.75) is 52.1 Å². The van der Waals surface area contributed by atoms with Crippen molar-refractivity contribution in [2.24, 2.45) is 5.92 Å². The zero-order valence-corrected chi connectivity index (χ0v) is 17.9. The monoisotopic (exact) mass is 423 g/mol. The molecule has 2 heterocycles. The maximum absolute atomic E-state index is 12.8. The first kappa shape index (κ1) is 21.2.